The number of pyridine rings is 4. The van der Waals surface area contributed by atoms with E-state index >= 15 is 0 Å². The Morgan fingerprint density at radius 3 is 1.20 bits per heavy atom. The molecule has 2 saturated carbocycles. The number of nitrogens with zero attached hydrogens (tertiary/aromatic N) is 4. The molecule has 0 amide bonds. The quantitative estimate of drug-likeness (QED) is 0.0465. The fraction of sp³-hybridized carbons (Fsp3) is 0.220. The Hall–Kier alpha value is -8.76. The first kappa shape index (κ1) is 57.9. The van der Waals surface area contributed by atoms with Crippen molar-refractivity contribution in [2.45, 2.75) is 51.4 Å². The van der Waals surface area contributed by atoms with Crippen LogP contribution in [-0.4, -0.2) is 86.9 Å². The third kappa shape index (κ3) is 13.0. The van der Waals surface area contributed by atoms with Crippen molar-refractivity contribution >= 4 is 56.9 Å². The van der Waals surface area contributed by atoms with Gasteiger partial charge in [-0.15, -0.1) is 0 Å². The number of hydrogen-bond acceptors (Lipinski definition) is 16. The minimum atomic E-state index is -1.14. The van der Waals surface area contributed by atoms with Crippen LogP contribution in [0.2, 0.25) is 0 Å². The number of carboxylic acid groups (broad SMARTS) is 1. The second-order valence-corrected chi connectivity index (χ2v) is 18.6. The SMILES string of the molecule is COC(=O)c1cc2c(Oc3ccc(CC(=O)C4(C(=O)Cc5ccc(F)cc5)CC4)cn3)ccnc2cc1OC.COc1cc2nccc(Oc3ccc(CC(=O)C4(C(=O)Cc5ccc(F)cc5)CC4)cn3)c2cc1C(=O)O.[Li+].[OH-]. The van der Waals surface area contributed by atoms with Gasteiger partial charge >= 0.3 is 30.8 Å². The Labute approximate surface area is 462 Å². The molecular formula is C59H49F2LiN4O13. The molecule has 0 aliphatic heterocycles. The van der Waals surface area contributed by atoms with E-state index in [1.54, 1.807) is 85.2 Å². The number of aromatic nitrogens is 4. The van der Waals surface area contributed by atoms with Gasteiger partial charge in [-0.05, 0) is 96.5 Å². The molecule has 20 heteroatoms. The predicted octanol–water partition coefficient (Wildman–Crippen LogP) is 6.86. The Kier molecular flexibility index (Phi) is 18.1. The maximum atomic E-state index is 13.2. The third-order valence-electron chi connectivity index (χ3n) is 13.6. The smallest absolute Gasteiger partial charge is 0.870 e. The number of carbonyl (C=O) groups excluding carboxylic acids is 5. The summed E-state index contributed by atoms with van der Waals surface area (Å²) in [5.74, 6) is -1.21. The number of ketones is 4. The van der Waals surface area contributed by atoms with E-state index in [1.165, 1.54) is 70.1 Å². The number of rotatable bonds is 20. The molecule has 398 valence electrons. The topological polar surface area (TPSA) is 250 Å². The number of ether oxygens (including phenoxy) is 5. The summed E-state index contributed by atoms with van der Waals surface area (Å²) in [6, 6.07) is 27.6. The molecule has 8 aromatic rings. The van der Waals surface area contributed by atoms with Gasteiger partial charge in [0.1, 0.15) is 45.8 Å². The van der Waals surface area contributed by atoms with Crippen molar-refractivity contribution in [3.63, 3.8) is 0 Å². The number of methoxy groups -OCH3 is 3. The minimum absolute atomic E-state index is 0. The van der Waals surface area contributed by atoms with Crippen LogP contribution in [0, 0.1) is 22.5 Å². The number of aromatic carboxylic acids is 1. The largest absolute Gasteiger partial charge is 1.00 e. The van der Waals surface area contributed by atoms with Crippen LogP contribution >= 0.6 is 0 Å². The van der Waals surface area contributed by atoms with Crippen molar-refractivity contribution in [2.75, 3.05) is 21.3 Å². The molecule has 0 atom stereocenters. The number of hydrogen-bond donors (Lipinski definition) is 1. The molecule has 10 rings (SSSR count). The number of carbonyl (C=O) groups is 6. The van der Waals surface area contributed by atoms with E-state index in [-0.39, 0.29) is 113 Å². The van der Waals surface area contributed by atoms with Crippen LogP contribution in [0.1, 0.15) is 68.7 Å². The van der Waals surface area contributed by atoms with Crippen molar-refractivity contribution in [1.29, 1.82) is 0 Å². The summed E-state index contributed by atoms with van der Waals surface area (Å²) >= 11 is 0. The van der Waals surface area contributed by atoms with Crippen LogP contribution in [0.3, 0.4) is 0 Å². The van der Waals surface area contributed by atoms with Gasteiger partial charge in [-0.25, -0.2) is 28.3 Å². The number of esters is 1. The summed E-state index contributed by atoms with van der Waals surface area (Å²) in [6.07, 6.45) is 8.54. The molecule has 2 N–H and O–H groups in total. The van der Waals surface area contributed by atoms with E-state index < -0.39 is 22.8 Å². The predicted molar refractivity (Wildman–Crippen MR) is 276 cm³/mol. The molecule has 4 aromatic carbocycles. The number of Topliss-reactive ketones (excluding diaryl/α,β-unsaturated/α-hetero) is 4. The Morgan fingerprint density at radius 1 is 0.494 bits per heavy atom. The maximum absolute atomic E-state index is 13.2. The number of carboxylic acids is 1. The summed E-state index contributed by atoms with van der Waals surface area (Å²) in [5, 5.41) is 10.5. The summed E-state index contributed by atoms with van der Waals surface area (Å²) in [7, 11) is 4.13. The van der Waals surface area contributed by atoms with Gasteiger partial charge in [0.05, 0.1) is 43.2 Å². The van der Waals surface area contributed by atoms with Crippen molar-refractivity contribution in [3.8, 4) is 34.8 Å². The molecule has 0 radical (unpaired) electrons. The van der Waals surface area contributed by atoms with Crippen LogP contribution in [-0.2, 0) is 49.6 Å². The molecule has 0 saturated heterocycles. The molecule has 2 aliphatic rings. The monoisotopic (exact) mass is 1070 g/mol. The van der Waals surface area contributed by atoms with Crippen LogP contribution in [0.4, 0.5) is 8.78 Å². The van der Waals surface area contributed by atoms with E-state index in [9.17, 15) is 42.7 Å². The summed E-state index contributed by atoms with van der Waals surface area (Å²) < 4.78 is 53.5. The Bertz CT molecular complexity index is 3590. The number of fused-ring (bicyclic) bond motifs is 2. The van der Waals surface area contributed by atoms with Gasteiger partial charge in [0, 0.05) is 85.5 Å². The zero-order valence-corrected chi connectivity index (χ0v) is 43.3. The minimum Gasteiger partial charge on any atom is -0.870 e. The maximum Gasteiger partial charge on any atom is 1.00 e. The van der Waals surface area contributed by atoms with Gasteiger partial charge in [-0.1, -0.05) is 36.4 Å². The molecule has 0 unspecified atom stereocenters. The molecule has 2 fully saturated rings. The Morgan fingerprint density at radius 2 is 0.861 bits per heavy atom. The number of benzene rings is 4. The molecule has 4 heterocycles. The van der Waals surface area contributed by atoms with E-state index in [0.717, 1.165) is 0 Å². The zero-order chi connectivity index (χ0) is 54.4. The number of halogens is 2. The first-order chi connectivity index (χ1) is 37.1. The fourth-order valence-electron chi connectivity index (χ4n) is 8.93. The van der Waals surface area contributed by atoms with Gasteiger partial charge < -0.3 is 34.3 Å². The Balaban J connectivity index is 0.000000223. The van der Waals surface area contributed by atoms with Gasteiger partial charge in [0.15, 0.2) is 23.1 Å². The van der Waals surface area contributed by atoms with Crippen LogP contribution in [0.15, 0.2) is 134 Å². The van der Waals surface area contributed by atoms with Gasteiger partial charge in [-0.3, -0.25) is 29.1 Å². The summed E-state index contributed by atoms with van der Waals surface area (Å²) in [4.78, 5) is 93.0. The fourth-order valence-corrected chi connectivity index (χ4v) is 8.93. The van der Waals surface area contributed by atoms with Gasteiger partial charge in [0.25, 0.3) is 0 Å². The molecular weight excluding hydrogens is 1020 g/mol. The van der Waals surface area contributed by atoms with Crippen LogP contribution in [0.5, 0.6) is 34.8 Å². The van der Waals surface area contributed by atoms with E-state index in [4.69, 9.17) is 23.7 Å². The molecule has 0 bridgehead atoms. The van der Waals surface area contributed by atoms with Gasteiger partial charge in [-0.2, -0.15) is 0 Å². The first-order valence-electron chi connectivity index (χ1n) is 24.2. The second-order valence-electron chi connectivity index (χ2n) is 18.6. The molecule has 2 aliphatic carbocycles. The normalized spacial score (nSPS) is 13.2. The average Bonchev–Trinajstić information content (AvgIpc) is 4.56. The zero-order valence-electron chi connectivity index (χ0n) is 43.3. The van der Waals surface area contributed by atoms with Crippen molar-refractivity contribution in [2.24, 2.45) is 10.8 Å². The molecule has 79 heavy (non-hydrogen) atoms. The van der Waals surface area contributed by atoms with Crippen molar-refractivity contribution in [1.82, 2.24) is 19.9 Å². The standard InChI is InChI=1S/C30H25FN2O6.C29H23FN2O6.Li.H2O/c1-37-25-16-23-21(15-22(25)29(36)38-2)24(9-12-32-23)39-28-8-5-19(17-33-28)14-27(35)30(10-11-30)26(34)13-18-3-6-20(31)7-4-18;1-37-24-15-22-20(14-21(24)28(35)36)23(8-11-31-22)38-27-7-4-18(16-32-27)13-26(34)29(9-10-29)25(33)12-17-2-5-19(30)6-3-17;;/h3-9,12,15-17H,10-11,13-14H2,1-2H3;2-8,11,14-16H,9-10,12-13H2,1H3,(H,35,36);;1H2/q;;+1;/p-1. The van der Waals surface area contributed by atoms with Crippen LogP contribution < -0.4 is 37.8 Å². The van der Waals surface area contributed by atoms with Gasteiger partial charge in [0.2, 0.25) is 11.8 Å². The van der Waals surface area contributed by atoms with E-state index in [0.29, 0.717) is 87.0 Å². The van der Waals surface area contributed by atoms with E-state index in [2.05, 4.69) is 19.9 Å². The van der Waals surface area contributed by atoms with Crippen molar-refractivity contribution in [3.05, 3.63) is 179 Å². The summed E-state index contributed by atoms with van der Waals surface area (Å²) in [5.41, 5.74) is 1.95. The molecule has 4 aromatic heterocycles. The first-order valence-corrected chi connectivity index (χ1v) is 24.2. The van der Waals surface area contributed by atoms with Crippen LogP contribution in [0.25, 0.3) is 21.8 Å². The molecule has 0 spiro atoms. The van der Waals surface area contributed by atoms with Crippen molar-refractivity contribution < 1.29 is 90.7 Å². The third-order valence-corrected chi connectivity index (χ3v) is 13.6. The van der Waals surface area contributed by atoms with E-state index in [1.807, 2.05) is 0 Å². The second kappa shape index (κ2) is 24.7. The molecule has 17 nitrogen and oxygen atoms in total. The average molecular weight is 1070 g/mol. The summed E-state index contributed by atoms with van der Waals surface area (Å²) in [6.45, 7) is 0.